The van der Waals surface area contributed by atoms with Gasteiger partial charge in [0, 0.05) is 12.3 Å². The van der Waals surface area contributed by atoms with Crippen molar-refractivity contribution in [1.82, 2.24) is 9.55 Å². The Balaban J connectivity index is 2.43. The summed E-state index contributed by atoms with van der Waals surface area (Å²) >= 11 is 0. The van der Waals surface area contributed by atoms with E-state index in [1.54, 1.807) is 6.92 Å². The number of aliphatic hydroxyl groups excluding tert-OH is 2. The fourth-order valence-electron chi connectivity index (χ4n) is 2.20. The van der Waals surface area contributed by atoms with Crippen LogP contribution in [0.15, 0.2) is 17.1 Å². The first-order chi connectivity index (χ1) is 9.41. The molecule has 1 aliphatic heterocycles. The van der Waals surface area contributed by atoms with Crippen LogP contribution in [0.2, 0.25) is 0 Å². The van der Waals surface area contributed by atoms with Gasteiger partial charge in [-0.3, -0.25) is 9.36 Å². The first-order valence-corrected chi connectivity index (χ1v) is 6.30. The van der Waals surface area contributed by atoms with E-state index in [0.717, 1.165) is 0 Å². The molecular weight excluding hydrogens is 268 g/mol. The van der Waals surface area contributed by atoms with Gasteiger partial charge in [-0.15, -0.1) is 0 Å². The van der Waals surface area contributed by atoms with E-state index in [1.165, 1.54) is 23.8 Å². The zero-order chi connectivity index (χ0) is 14.9. The van der Waals surface area contributed by atoms with Crippen LogP contribution < -0.4 is 10.3 Å². The third-order valence-corrected chi connectivity index (χ3v) is 3.27. The summed E-state index contributed by atoms with van der Waals surface area (Å²) in [5.74, 6) is 0. The summed E-state index contributed by atoms with van der Waals surface area (Å²) in [4.78, 5) is 15.0. The van der Waals surface area contributed by atoms with Crippen molar-refractivity contribution in [1.29, 1.82) is 0 Å². The Hall–Kier alpha value is -1.48. The van der Waals surface area contributed by atoms with Crippen LogP contribution in [0, 0.1) is 0 Å². The topological polar surface area (TPSA) is 114 Å². The molecule has 0 radical (unpaired) electrons. The maximum atomic E-state index is 11.3. The molecule has 1 aliphatic rings. The van der Waals surface area contributed by atoms with Gasteiger partial charge in [0.05, 0.1) is 13.2 Å². The minimum absolute atomic E-state index is 0.0175. The molecule has 8 heteroatoms. The molecule has 112 valence electrons. The van der Waals surface area contributed by atoms with Gasteiger partial charge in [0.2, 0.25) is 0 Å². The van der Waals surface area contributed by atoms with Crippen LogP contribution >= 0.6 is 0 Å². The second-order valence-electron chi connectivity index (χ2n) is 4.77. The lowest BCUT2D eigenvalue weighted by molar-refractivity contribution is -0.100. The standard InChI is InChI=1S/C12H18N2O6/c1-3-19-11-13-8(16)4-5-14(11)10-12(2,18)9(17)7(6-15)20-10/h4-5,7,9-10,15,17-18H,3,6H2,1-2H3/t7?,9-,10+,12?/m0/s1. The second kappa shape index (κ2) is 5.49. The Morgan fingerprint density at radius 2 is 2.30 bits per heavy atom. The number of nitrogens with zero attached hydrogens (tertiary/aromatic N) is 2. The van der Waals surface area contributed by atoms with E-state index in [9.17, 15) is 15.0 Å². The number of hydrogen-bond acceptors (Lipinski definition) is 7. The highest BCUT2D eigenvalue weighted by Gasteiger charge is 2.53. The first kappa shape index (κ1) is 14.9. The monoisotopic (exact) mass is 286 g/mol. The van der Waals surface area contributed by atoms with Crippen LogP contribution in [0.4, 0.5) is 0 Å². The van der Waals surface area contributed by atoms with Crippen molar-refractivity contribution in [3.05, 3.63) is 22.6 Å². The van der Waals surface area contributed by atoms with Crippen molar-refractivity contribution in [2.75, 3.05) is 13.2 Å². The van der Waals surface area contributed by atoms with Crippen molar-refractivity contribution in [3.63, 3.8) is 0 Å². The number of hydrogen-bond donors (Lipinski definition) is 3. The zero-order valence-corrected chi connectivity index (χ0v) is 11.3. The van der Waals surface area contributed by atoms with E-state index in [1.807, 2.05) is 0 Å². The van der Waals surface area contributed by atoms with Gasteiger partial charge in [-0.2, -0.15) is 4.98 Å². The molecule has 0 amide bonds. The molecule has 3 N–H and O–H groups in total. The molecule has 0 bridgehead atoms. The van der Waals surface area contributed by atoms with E-state index in [2.05, 4.69) is 4.98 Å². The summed E-state index contributed by atoms with van der Waals surface area (Å²) in [5, 5.41) is 29.5. The van der Waals surface area contributed by atoms with E-state index < -0.39 is 36.2 Å². The van der Waals surface area contributed by atoms with Crippen molar-refractivity contribution in [2.24, 2.45) is 0 Å². The van der Waals surface area contributed by atoms with Crippen LogP contribution in [-0.4, -0.2) is 55.9 Å². The molecule has 20 heavy (non-hydrogen) atoms. The molecule has 8 nitrogen and oxygen atoms in total. The molecule has 2 rings (SSSR count). The molecule has 0 spiro atoms. The van der Waals surface area contributed by atoms with Crippen LogP contribution in [-0.2, 0) is 4.74 Å². The van der Waals surface area contributed by atoms with Gasteiger partial charge in [-0.05, 0) is 13.8 Å². The van der Waals surface area contributed by atoms with Gasteiger partial charge < -0.3 is 24.8 Å². The van der Waals surface area contributed by atoms with Crippen LogP contribution in [0.25, 0.3) is 0 Å². The number of aromatic nitrogens is 2. The molecule has 1 fully saturated rings. The zero-order valence-electron chi connectivity index (χ0n) is 11.3. The molecule has 1 aromatic rings. The molecule has 4 atom stereocenters. The minimum Gasteiger partial charge on any atom is -0.465 e. The Bertz CT molecular complexity index is 529. The van der Waals surface area contributed by atoms with Gasteiger partial charge in [0.25, 0.3) is 5.56 Å². The predicted molar refractivity (Wildman–Crippen MR) is 67.3 cm³/mol. The molecule has 1 aromatic heterocycles. The summed E-state index contributed by atoms with van der Waals surface area (Å²) < 4.78 is 12.0. The van der Waals surface area contributed by atoms with Gasteiger partial charge in [-0.25, -0.2) is 0 Å². The summed E-state index contributed by atoms with van der Waals surface area (Å²) in [5.41, 5.74) is -2.14. The Kier molecular flexibility index (Phi) is 4.09. The summed E-state index contributed by atoms with van der Waals surface area (Å²) in [6.07, 6.45) is -1.86. The lowest BCUT2D eigenvalue weighted by Crippen LogP contribution is -2.44. The highest BCUT2D eigenvalue weighted by Crippen LogP contribution is 2.39. The van der Waals surface area contributed by atoms with Crippen LogP contribution in [0.1, 0.15) is 20.1 Å². The smallest absolute Gasteiger partial charge is 0.301 e. The summed E-state index contributed by atoms with van der Waals surface area (Å²) in [6.45, 7) is 2.94. The molecule has 2 heterocycles. The first-order valence-electron chi connectivity index (χ1n) is 6.30. The fourth-order valence-corrected chi connectivity index (χ4v) is 2.20. The normalized spacial score (nSPS) is 33.4. The fraction of sp³-hybridized carbons (Fsp3) is 0.667. The van der Waals surface area contributed by atoms with E-state index >= 15 is 0 Å². The van der Waals surface area contributed by atoms with E-state index in [4.69, 9.17) is 14.6 Å². The molecule has 0 aliphatic carbocycles. The lowest BCUT2D eigenvalue weighted by atomic mass is 9.96. The quantitative estimate of drug-likeness (QED) is 0.626. The predicted octanol–water partition coefficient (Wildman–Crippen LogP) is -1.36. The molecule has 2 unspecified atom stereocenters. The van der Waals surface area contributed by atoms with Crippen molar-refractivity contribution in [3.8, 4) is 6.01 Å². The average molecular weight is 286 g/mol. The van der Waals surface area contributed by atoms with E-state index in [-0.39, 0.29) is 12.6 Å². The maximum Gasteiger partial charge on any atom is 0.301 e. The molecule has 0 saturated carbocycles. The van der Waals surface area contributed by atoms with Crippen molar-refractivity contribution < 1.29 is 24.8 Å². The van der Waals surface area contributed by atoms with Gasteiger partial charge >= 0.3 is 6.01 Å². The van der Waals surface area contributed by atoms with Crippen molar-refractivity contribution in [2.45, 2.75) is 37.9 Å². The summed E-state index contributed by atoms with van der Waals surface area (Å²) in [6, 6.07) is 1.18. The van der Waals surface area contributed by atoms with E-state index in [0.29, 0.717) is 0 Å². The van der Waals surface area contributed by atoms with Gasteiger partial charge in [0.15, 0.2) is 6.23 Å². The Labute approximate surface area is 115 Å². The van der Waals surface area contributed by atoms with Crippen LogP contribution in [0.5, 0.6) is 6.01 Å². The number of rotatable bonds is 4. The molecule has 1 saturated heterocycles. The van der Waals surface area contributed by atoms with Gasteiger partial charge in [0.1, 0.15) is 17.8 Å². The van der Waals surface area contributed by atoms with Gasteiger partial charge in [-0.1, -0.05) is 0 Å². The van der Waals surface area contributed by atoms with Crippen LogP contribution in [0.3, 0.4) is 0 Å². The lowest BCUT2D eigenvalue weighted by Gasteiger charge is -2.28. The second-order valence-corrected chi connectivity index (χ2v) is 4.77. The Morgan fingerprint density at radius 3 is 2.85 bits per heavy atom. The van der Waals surface area contributed by atoms with Crippen molar-refractivity contribution >= 4 is 0 Å². The largest absolute Gasteiger partial charge is 0.465 e. The average Bonchev–Trinajstić information content (AvgIpc) is 2.62. The number of ether oxygens (including phenoxy) is 2. The highest BCUT2D eigenvalue weighted by molar-refractivity contribution is 5.07. The highest BCUT2D eigenvalue weighted by atomic mass is 16.6. The molecular formula is C12H18N2O6. The third-order valence-electron chi connectivity index (χ3n) is 3.27. The minimum atomic E-state index is -1.66. The maximum absolute atomic E-state index is 11.3. The Morgan fingerprint density at radius 1 is 1.60 bits per heavy atom. The molecule has 0 aromatic carbocycles. The third kappa shape index (κ3) is 2.42. The number of aliphatic hydroxyl groups is 3. The summed E-state index contributed by atoms with van der Waals surface area (Å²) in [7, 11) is 0. The SMILES string of the molecule is CCOc1nc(=O)ccn1[C@@H]1OC(CO)[C@H](O)C1(C)O.